The van der Waals surface area contributed by atoms with Gasteiger partial charge in [0.1, 0.15) is 15.9 Å². The Morgan fingerprint density at radius 1 is 0.828 bits per heavy atom. The number of aliphatic carboxylic acids is 1. The smallest absolute Gasteiger partial charge is 0.310 e. The van der Waals surface area contributed by atoms with Crippen LogP contribution in [-0.4, -0.2) is 11.1 Å². The van der Waals surface area contributed by atoms with Gasteiger partial charge in [0.2, 0.25) is 0 Å². The maximum Gasteiger partial charge on any atom is 0.310 e. The highest BCUT2D eigenvalue weighted by molar-refractivity contribution is 9.44. The largest absolute Gasteiger partial charge is 0.481 e. The lowest BCUT2D eigenvalue weighted by Crippen LogP contribution is -2.27. The summed E-state index contributed by atoms with van der Waals surface area (Å²) in [5, 5.41) is 13.4. The lowest BCUT2D eigenvalue weighted by molar-refractivity contribution is -0.139. The molecule has 0 saturated heterocycles. The van der Waals surface area contributed by atoms with Crippen molar-refractivity contribution in [2.75, 3.05) is 0 Å². The summed E-state index contributed by atoms with van der Waals surface area (Å²) in [6.45, 7) is 2.14. The summed E-state index contributed by atoms with van der Waals surface area (Å²) in [6, 6.07) is 29.2. The van der Waals surface area contributed by atoms with E-state index in [1.165, 1.54) is 15.9 Å². The molecule has 0 heterocycles. The molecular weight excluding hydrogens is 443 g/mol. The van der Waals surface area contributed by atoms with E-state index in [0.29, 0.717) is 6.42 Å². The fourth-order valence-corrected chi connectivity index (χ4v) is 8.41. The number of unbranched alkanes of at least 4 members (excludes halogenated alkanes) is 2. The molecule has 0 amide bonds. The first-order valence-electron chi connectivity index (χ1n) is 10.1. The molecule has 1 unspecified atom stereocenters. The van der Waals surface area contributed by atoms with Gasteiger partial charge in [-0.2, -0.15) is 0 Å². The Hall–Kier alpha value is -1.96. The summed E-state index contributed by atoms with van der Waals surface area (Å²) in [5.74, 6) is -3.14. The molecule has 0 spiro atoms. The molecule has 1 atom stereocenters. The highest BCUT2D eigenvalue weighted by Crippen LogP contribution is 2.62. The van der Waals surface area contributed by atoms with Crippen LogP contribution in [0.2, 0.25) is 0 Å². The molecule has 0 aliphatic heterocycles. The SMILES string of the molecule is CCCCCC(C(=O)O)c1ccc([P+](Br)(c2ccccc2)c2ccccc2)cc1. The summed E-state index contributed by atoms with van der Waals surface area (Å²) >= 11 is 4.15. The number of halogens is 1. The Morgan fingerprint density at radius 2 is 1.31 bits per heavy atom. The second-order valence-electron chi connectivity index (χ2n) is 7.24. The van der Waals surface area contributed by atoms with Gasteiger partial charge in [0.15, 0.2) is 21.5 Å². The lowest BCUT2D eigenvalue weighted by atomic mass is 9.93. The van der Waals surface area contributed by atoms with Crippen molar-refractivity contribution in [2.24, 2.45) is 0 Å². The normalized spacial score (nSPS) is 12.5. The van der Waals surface area contributed by atoms with Gasteiger partial charge in [-0.3, -0.25) is 4.79 Å². The first-order chi connectivity index (χ1) is 14.1. The second-order valence-corrected chi connectivity index (χ2v) is 13.2. The van der Waals surface area contributed by atoms with Crippen LogP contribution in [0.5, 0.6) is 0 Å². The van der Waals surface area contributed by atoms with Gasteiger partial charge >= 0.3 is 5.97 Å². The monoisotopic (exact) mass is 469 g/mol. The number of carbonyl (C=O) groups is 1. The average molecular weight is 470 g/mol. The molecule has 4 heteroatoms. The number of hydrogen-bond donors (Lipinski definition) is 1. The molecule has 29 heavy (non-hydrogen) atoms. The molecule has 0 bridgehead atoms. The van der Waals surface area contributed by atoms with Gasteiger partial charge in [-0.1, -0.05) is 74.7 Å². The number of benzene rings is 3. The fraction of sp³-hybridized carbons (Fsp3) is 0.240. The van der Waals surface area contributed by atoms with Crippen LogP contribution in [0.15, 0.2) is 84.9 Å². The molecule has 0 aliphatic carbocycles. The van der Waals surface area contributed by atoms with E-state index in [-0.39, 0.29) is 0 Å². The molecule has 0 aromatic heterocycles. The van der Waals surface area contributed by atoms with E-state index in [1.54, 1.807) is 0 Å². The molecule has 3 rings (SSSR count). The van der Waals surface area contributed by atoms with Crippen molar-refractivity contribution in [2.45, 2.75) is 38.5 Å². The van der Waals surface area contributed by atoms with Crippen LogP contribution < -0.4 is 15.9 Å². The standard InChI is InChI=1S/C25H26BrO2P/c1-2-3-6-15-24(25(27)28)20-16-18-23(19-17-20)29(26,21-11-7-4-8-12-21)22-13-9-5-10-14-22/h4-5,7-14,16-19,24H,2-3,6,15H2,1H3/p+1. The van der Waals surface area contributed by atoms with Gasteiger partial charge in [0.05, 0.1) is 5.92 Å². The number of carboxylic acid groups (broad SMARTS) is 1. The van der Waals surface area contributed by atoms with Crippen molar-refractivity contribution in [1.82, 2.24) is 0 Å². The Kier molecular flexibility index (Phi) is 7.64. The Labute approximate surface area is 182 Å². The third-order valence-electron chi connectivity index (χ3n) is 5.27. The molecule has 2 nitrogen and oxygen atoms in total. The third kappa shape index (κ3) is 4.97. The van der Waals surface area contributed by atoms with Crippen molar-refractivity contribution < 1.29 is 9.90 Å². The van der Waals surface area contributed by atoms with Crippen molar-refractivity contribution >= 4 is 43.3 Å². The van der Waals surface area contributed by atoms with Crippen LogP contribution in [0, 0.1) is 0 Å². The summed E-state index contributed by atoms with van der Waals surface area (Å²) in [6.07, 6.45) is 3.79. The zero-order chi connectivity index (χ0) is 20.7. The maximum atomic E-state index is 11.8. The molecule has 0 aliphatic rings. The molecule has 3 aromatic rings. The van der Waals surface area contributed by atoms with Gasteiger partial charge in [-0.15, -0.1) is 0 Å². The Morgan fingerprint density at radius 3 is 1.76 bits per heavy atom. The molecule has 0 fully saturated rings. The Balaban J connectivity index is 1.99. The Bertz CT molecular complexity index is 871. The summed E-state index contributed by atoms with van der Waals surface area (Å²) in [4.78, 5) is 11.8. The quantitative estimate of drug-likeness (QED) is 0.306. The van der Waals surface area contributed by atoms with Crippen molar-refractivity contribution in [1.29, 1.82) is 0 Å². The van der Waals surface area contributed by atoms with E-state index >= 15 is 0 Å². The number of carboxylic acids is 1. The van der Waals surface area contributed by atoms with Crippen molar-refractivity contribution in [3.63, 3.8) is 0 Å². The topological polar surface area (TPSA) is 37.3 Å². The van der Waals surface area contributed by atoms with E-state index < -0.39 is 17.9 Å². The van der Waals surface area contributed by atoms with Crippen LogP contribution in [0.25, 0.3) is 0 Å². The van der Waals surface area contributed by atoms with E-state index in [4.69, 9.17) is 0 Å². The van der Waals surface area contributed by atoms with Crippen LogP contribution in [0.1, 0.15) is 44.1 Å². The average Bonchev–Trinajstić information content (AvgIpc) is 2.77. The maximum absolute atomic E-state index is 11.8. The molecule has 1 N–H and O–H groups in total. The summed E-state index contributed by atoms with van der Waals surface area (Å²) in [5.41, 5.74) is 0.887. The van der Waals surface area contributed by atoms with Crippen LogP contribution in [0.4, 0.5) is 0 Å². The van der Waals surface area contributed by atoms with Gasteiger partial charge in [-0.05, 0) is 48.4 Å². The minimum Gasteiger partial charge on any atom is -0.481 e. The molecular formula is C25H27BrO2P+. The predicted molar refractivity (Wildman–Crippen MR) is 129 cm³/mol. The number of hydrogen-bond acceptors (Lipinski definition) is 1. The summed E-state index contributed by atoms with van der Waals surface area (Å²) in [7, 11) is 0. The highest BCUT2D eigenvalue weighted by atomic mass is 79.9. The zero-order valence-corrected chi connectivity index (χ0v) is 19.1. The predicted octanol–water partition coefficient (Wildman–Crippen LogP) is 6.04. The minimum atomic E-state index is -1.96. The first kappa shape index (κ1) is 21.7. The number of rotatable bonds is 9. The molecule has 0 saturated carbocycles. The van der Waals surface area contributed by atoms with Crippen molar-refractivity contribution in [3.05, 3.63) is 90.5 Å². The van der Waals surface area contributed by atoms with Gasteiger partial charge in [0.25, 0.3) is 0 Å². The van der Waals surface area contributed by atoms with Crippen LogP contribution >= 0.6 is 21.5 Å². The zero-order valence-electron chi connectivity index (χ0n) is 16.7. The van der Waals surface area contributed by atoms with Crippen LogP contribution in [0.3, 0.4) is 0 Å². The molecule has 150 valence electrons. The minimum absolute atomic E-state index is 0.438. The van der Waals surface area contributed by atoms with Crippen LogP contribution in [-0.2, 0) is 4.79 Å². The molecule has 0 radical (unpaired) electrons. The fourth-order valence-electron chi connectivity index (χ4n) is 3.66. The third-order valence-corrected chi connectivity index (χ3v) is 12.0. The highest BCUT2D eigenvalue weighted by Gasteiger charge is 2.43. The lowest BCUT2D eigenvalue weighted by Gasteiger charge is -2.21. The van der Waals surface area contributed by atoms with Gasteiger partial charge in [0, 0.05) is 0 Å². The first-order valence-corrected chi connectivity index (χ1v) is 13.9. The van der Waals surface area contributed by atoms with E-state index in [1.807, 2.05) is 24.3 Å². The van der Waals surface area contributed by atoms with E-state index in [9.17, 15) is 9.90 Å². The van der Waals surface area contributed by atoms with Gasteiger partial charge < -0.3 is 5.11 Å². The summed E-state index contributed by atoms with van der Waals surface area (Å²) < 4.78 is 0. The molecule has 3 aromatic carbocycles. The second kappa shape index (κ2) is 10.2. The van der Waals surface area contributed by atoms with E-state index in [0.717, 1.165) is 24.8 Å². The van der Waals surface area contributed by atoms with E-state index in [2.05, 4.69) is 83.1 Å². The van der Waals surface area contributed by atoms with Crippen molar-refractivity contribution in [3.8, 4) is 0 Å². The van der Waals surface area contributed by atoms with Gasteiger partial charge in [-0.25, -0.2) is 0 Å².